The fourth-order valence-electron chi connectivity index (χ4n) is 3.32. The Bertz CT molecular complexity index is 858. The second-order valence-corrected chi connectivity index (χ2v) is 5.77. The third-order valence-corrected chi connectivity index (χ3v) is 4.42. The van der Waals surface area contributed by atoms with E-state index in [0.717, 1.165) is 16.3 Å². The monoisotopic (exact) mass is 278 g/mol. The second kappa shape index (κ2) is 4.04. The van der Waals surface area contributed by atoms with Gasteiger partial charge in [-0.2, -0.15) is 0 Å². The van der Waals surface area contributed by atoms with Gasteiger partial charge in [0.05, 0.1) is 12.2 Å². The Morgan fingerprint density at radius 1 is 1.05 bits per heavy atom. The minimum absolute atomic E-state index is 0.0159. The number of benzene rings is 2. The smallest absolute Gasteiger partial charge is 0.229 e. The first-order chi connectivity index (χ1) is 10.1. The topological polar surface area (TPSA) is 43.4 Å². The SMILES string of the molecule is Cc1cccc2c3c(ccc12)C(=O)C1=C(OC[C@H]1C)C3=O. The second-order valence-electron chi connectivity index (χ2n) is 5.77. The summed E-state index contributed by atoms with van der Waals surface area (Å²) in [6.07, 6.45) is 0. The van der Waals surface area contributed by atoms with Crippen LogP contribution in [-0.4, -0.2) is 18.2 Å². The van der Waals surface area contributed by atoms with Crippen LogP contribution in [0.15, 0.2) is 41.7 Å². The molecule has 0 radical (unpaired) electrons. The number of carbonyl (C=O) groups excluding carboxylic acids is 2. The lowest BCUT2D eigenvalue weighted by Gasteiger charge is -2.18. The molecule has 3 nitrogen and oxygen atoms in total. The molecular weight excluding hydrogens is 264 g/mol. The van der Waals surface area contributed by atoms with Crippen LogP contribution in [0.4, 0.5) is 0 Å². The van der Waals surface area contributed by atoms with Gasteiger partial charge in [-0.05, 0) is 29.3 Å². The first kappa shape index (κ1) is 12.3. The van der Waals surface area contributed by atoms with Crippen LogP contribution >= 0.6 is 0 Å². The minimum Gasteiger partial charge on any atom is -0.488 e. The average molecular weight is 278 g/mol. The van der Waals surface area contributed by atoms with Gasteiger partial charge in [0, 0.05) is 17.0 Å². The fourth-order valence-corrected chi connectivity index (χ4v) is 3.32. The van der Waals surface area contributed by atoms with Crippen molar-refractivity contribution in [3.8, 4) is 0 Å². The molecule has 0 bridgehead atoms. The molecule has 104 valence electrons. The number of Topliss-reactive ketones (excluding diaryl/α,β-unsaturated/α-hetero) is 2. The number of fused-ring (bicyclic) bond motifs is 3. The van der Waals surface area contributed by atoms with Crippen LogP contribution in [0.1, 0.15) is 33.2 Å². The number of rotatable bonds is 0. The largest absolute Gasteiger partial charge is 0.488 e. The predicted octanol–water partition coefficient (Wildman–Crippen LogP) is 3.45. The maximum Gasteiger partial charge on any atom is 0.229 e. The molecule has 1 atom stereocenters. The molecule has 4 rings (SSSR count). The van der Waals surface area contributed by atoms with Crippen LogP contribution in [0.3, 0.4) is 0 Å². The Kier molecular flexibility index (Phi) is 2.37. The molecule has 0 fully saturated rings. The van der Waals surface area contributed by atoms with Crippen molar-refractivity contribution in [1.82, 2.24) is 0 Å². The highest BCUT2D eigenvalue weighted by molar-refractivity contribution is 6.30. The molecule has 0 amide bonds. The molecular formula is C18H14O3. The lowest BCUT2D eigenvalue weighted by Crippen LogP contribution is -2.22. The summed E-state index contributed by atoms with van der Waals surface area (Å²) in [7, 11) is 0. The highest BCUT2D eigenvalue weighted by Gasteiger charge is 2.40. The van der Waals surface area contributed by atoms with Crippen LogP contribution in [0, 0.1) is 12.8 Å². The Morgan fingerprint density at radius 3 is 2.67 bits per heavy atom. The summed E-state index contributed by atoms with van der Waals surface area (Å²) in [6, 6.07) is 9.52. The predicted molar refractivity (Wildman–Crippen MR) is 79.5 cm³/mol. The van der Waals surface area contributed by atoms with Gasteiger partial charge in [0.2, 0.25) is 5.78 Å². The maximum atomic E-state index is 12.8. The van der Waals surface area contributed by atoms with Crippen molar-refractivity contribution < 1.29 is 14.3 Å². The van der Waals surface area contributed by atoms with Gasteiger partial charge >= 0.3 is 0 Å². The molecule has 3 heteroatoms. The van der Waals surface area contributed by atoms with Gasteiger partial charge in [0.1, 0.15) is 0 Å². The molecule has 0 aromatic heterocycles. The van der Waals surface area contributed by atoms with Crippen LogP contribution in [0.5, 0.6) is 0 Å². The maximum absolute atomic E-state index is 12.8. The molecule has 1 heterocycles. The lowest BCUT2D eigenvalue weighted by molar-refractivity contribution is 0.0915. The van der Waals surface area contributed by atoms with E-state index in [1.54, 1.807) is 6.07 Å². The summed E-state index contributed by atoms with van der Waals surface area (Å²) < 4.78 is 5.50. The third kappa shape index (κ3) is 1.49. The molecule has 0 unspecified atom stereocenters. The number of ether oxygens (including phenoxy) is 1. The summed E-state index contributed by atoms with van der Waals surface area (Å²) >= 11 is 0. The molecule has 0 saturated heterocycles. The number of hydrogen-bond acceptors (Lipinski definition) is 3. The summed E-state index contributed by atoms with van der Waals surface area (Å²) in [4.78, 5) is 25.5. The van der Waals surface area contributed by atoms with E-state index in [1.807, 2.05) is 38.1 Å². The zero-order chi connectivity index (χ0) is 14.7. The van der Waals surface area contributed by atoms with Crippen molar-refractivity contribution in [2.75, 3.05) is 6.61 Å². The zero-order valence-electron chi connectivity index (χ0n) is 11.9. The Hall–Kier alpha value is -2.42. The van der Waals surface area contributed by atoms with Crippen molar-refractivity contribution in [2.45, 2.75) is 13.8 Å². The van der Waals surface area contributed by atoms with Gasteiger partial charge < -0.3 is 4.74 Å². The van der Waals surface area contributed by atoms with Gasteiger partial charge in [0.25, 0.3) is 0 Å². The number of carbonyl (C=O) groups is 2. The Morgan fingerprint density at radius 2 is 1.86 bits per heavy atom. The van der Waals surface area contributed by atoms with Crippen molar-refractivity contribution >= 4 is 22.3 Å². The van der Waals surface area contributed by atoms with E-state index in [-0.39, 0.29) is 23.2 Å². The summed E-state index contributed by atoms with van der Waals surface area (Å²) in [5, 5.41) is 1.84. The first-order valence-corrected chi connectivity index (χ1v) is 7.08. The molecule has 1 aliphatic carbocycles. The minimum atomic E-state index is -0.153. The summed E-state index contributed by atoms with van der Waals surface area (Å²) in [5.41, 5.74) is 2.64. The van der Waals surface area contributed by atoms with Crippen molar-refractivity contribution in [3.63, 3.8) is 0 Å². The standard InChI is InChI=1S/C18H14O3/c1-9-4-3-5-12-11(9)6-7-13-15(12)17(20)18-14(16(13)19)10(2)8-21-18/h3-7,10H,8H2,1-2H3/t10-/m1/s1. The Labute approximate surface area is 122 Å². The van der Waals surface area contributed by atoms with Crippen LogP contribution in [0.2, 0.25) is 0 Å². The van der Waals surface area contributed by atoms with E-state index in [4.69, 9.17) is 4.74 Å². The third-order valence-electron chi connectivity index (χ3n) is 4.42. The van der Waals surface area contributed by atoms with Crippen LogP contribution in [-0.2, 0) is 4.74 Å². The van der Waals surface area contributed by atoms with Crippen molar-refractivity contribution in [2.24, 2.45) is 5.92 Å². The van der Waals surface area contributed by atoms with E-state index in [0.29, 0.717) is 23.3 Å². The van der Waals surface area contributed by atoms with E-state index < -0.39 is 0 Å². The van der Waals surface area contributed by atoms with Gasteiger partial charge in [-0.15, -0.1) is 0 Å². The molecule has 1 aliphatic heterocycles. The van der Waals surface area contributed by atoms with Crippen LogP contribution in [0.25, 0.3) is 10.8 Å². The Balaban J connectivity index is 2.08. The molecule has 2 aromatic carbocycles. The van der Waals surface area contributed by atoms with Crippen molar-refractivity contribution in [3.05, 3.63) is 58.4 Å². The highest BCUT2D eigenvalue weighted by Crippen LogP contribution is 2.38. The number of aryl methyl sites for hydroxylation is 1. The normalized spacial score (nSPS) is 20.6. The summed E-state index contributed by atoms with van der Waals surface area (Å²) in [6.45, 7) is 4.33. The molecule has 0 spiro atoms. The van der Waals surface area contributed by atoms with Gasteiger partial charge in [-0.25, -0.2) is 0 Å². The fraction of sp³-hybridized carbons (Fsp3) is 0.222. The van der Waals surface area contributed by atoms with Gasteiger partial charge in [-0.3, -0.25) is 9.59 Å². The zero-order valence-corrected chi connectivity index (χ0v) is 11.9. The van der Waals surface area contributed by atoms with Gasteiger partial charge in [0.15, 0.2) is 11.5 Å². The first-order valence-electron chi connectivity index (χ1n) is 7.08. The highest BCUT2D eigenvalue weighted by atomic mass is 16.5. The van der Waals surface area contributed by atoms with E-state index in [1.165, 1.54) is 0 Å². The summed E-state index contributed by atoms with van der Waals surface area (Å²) in [5.74, 6) is 0.0277. The number of allylic oxidation sites excluding steroid dienone is 1. The number of ketones is 2. The van der Waals surface area contributed by atoms with Crippen LogP contribution < -0.4 is 0 Å². The molecule has 2 aliphatic rings. The lowest BCUT2D eigenvalue weighted by atomic mass is 9.82. The molecule has 0 N–H and O–H groups in total. The van der Waals surface area contributed by atoms with E-state index in [2.05, 4.69) is 0 Å². The molecule has 21 heavy (non-hydrogen) atoms. The van der Waals surface area contributed by atoms with E-state index >= 15 is 0 Å². The van der Waals surface area contributed by atoms with Gasteiger partial charge in [-0.1, -0.05) is 31.2 Å². The number of hydrogen-bond donors (Lipinski definition) is 0. The molecule has 0 saturated carbocycles. The quantitative estimate of drug-likeness (QED) is 0.741. The molecule has 2 aromatic rings. The average Bonchev–Trinajstić information content (AvgIpc) is 2.86. The van der Waals surface area contributed by atoms with Crippen molar-refractivity contribution in [1.29, 1.82) is 0 Å². The van der Waals surface area contributed by atoms with E-state index in [9.17, 15) is 9.59 Å².